The zero-order valence-electron chi connectivity index (χ0n) is 12.0. The van der Waals surface area contributed by atoms with Crippen LogP contribution in [-0.4, -0.2) is 30.4 Å². The maximum Gasteiger partial charge on any atom is 0.234 e. The number of carbonyl (C=O) groups excluding carboxylic acids is 1. The number of hydrogen-bond acceptors (Lipinski definition) is 3. The van der Waals surface area contributed by atoms with Gasteiger partial charge in [-0.3, -0.25) is 9.69 Å². The summed E-state index contributed by atoms with van der Waals surface area (Å²) < 4.78 is 0. The summed E-state index contributed by atoms with van der Waals surface area (Å²) in [6.07, 6.45) is 2.14. The molecule has 4 nitrogen and oxygen atoms in total. The van der Waals surface area contributed by atoms with Crippen LogP contribution >= 0.6 is 0 Å². The predicted molar refractivity (Wildman–Crippen MR) is 79.7 cm³/mol. The average molecular weight is 263 g/mol. The van der Waals surface area contributed by atoms with Crippen molar-refractivity contribution in [2.45, 2.75) is 33.2 Å². The summed E-state index contributed by atoms with van der Waals surface area (Å²) in [5, 5.41) is 2.94. The van der Waals surface area contributed by atoms with Crippen LogP contribution in [0.5, 0.6) is 0 Å². The number of nitrogens with one attached hydrogen (secondary N) is 1. The number of nitrogen functional groups attached to an aromatic ring is 1. The molecule has 0 aliphatic rings. The van der Waals surface area contributed by atoms with Gasteiger partial charge in [0.15, 0.2) is 0 Å². The summed E-state index contributed by atoms with van der Waals surface area (Å²) in [7, 11) is 0. The molecular formula is C15H25N3O. The minimum atomic E-state index is 0.103. The van der Waals surface area contributed by atoms with Gasteiger partial charge in [0, 0.05) is 18.8 Å². The summed E-state index contributed by atoms with van der Waals surface area (Å²) in [6, 6.07) is 7.80. The molecule has 1 amide bonds. The van der Waals surface area contributed by atoms with Gasteiger partial charge in [0.05, 0.1) is 6.54 Å². The zero-order chi connectivity index (χ0) is 14.1. The Balaban J connectivity index is 2.40. The second-order valence-electron chi connectivity index (χ2n) is 4.75. The van der Waals surface area contributed by atoms with Gasteiger partial charge in [0.25, 0.3) is 0 Å². The van der Waals surface area contributed by atoms with Crippen molar-refractivity contribution >= 4 is 11.6 Å². The van der Waals surface area contributed by atoms with Crippen LogP contribution in [0, 0.1) is 0 Å². The first-order chi connectivity index (χ1) is 9.15. The third kappa shape index (κ3) is 6.25. The quantitative estimate of drug-likeness (QED) is 0.557. The second-order valence-corrected chi connectivity index (χ2v) is 4.75. The van der Waals surface area contributed by atoms with Crippen LogP contribution in [-0.2, 0) is 11.3 Å². The maximum atomic E-state index is 11.8. The minimum absolute atomic E-state index is 0.103. The topological polar surface area (TPSA) is 58.4 Å². The lowest BCUT2D eigenvalue weighted by Crippen LogP contribution is -2.37. The van der Waals surface area contributed by atoms with Crippen molar-refractivity contribution < 1.29 is 4.79 Å². The number of amides is 1. The van der Waals surface area contributed by atoms with Gasteiger partial charge in [-0.1, -0.05) is 32.4 Å². The van der Waals surface area contributed by atoms with Crippen molar-refractivity contribution in [2.24, 2.45) is 0 Å². The average Bonchev–Trinajstić information content (AvgIpc) is 2.41. The fraction of sp³-hybridized carbons (Fsp3) is 0.533. The van der Waals surface area contributed by atoms with E-state index in [1.807, 2.05) is 24.3 Å². The minimum Gasteiger partial charge on any atom is -0.399 e. The molecule has 1 aromatic carbocycles. The van der Waals surface area contributed by atoms with E-state index in [4.69, 9.17) is 5.73 Å². The smallest absolute Gasteiger partial charge is 0.234 e. The van der Waals surface area contributed by atoms with Crippen LogP contribution in [0.4, 0.5) is 5.69 Å². The first-order valence-electron chi connectivity index (χ1n) is 6.99. The molecule has 0 bridgehead atoms. The Labute approximate surface area is 116 Å². The lowest BCUT2D eigenvalue weighted by Gasteiger charge is -2.20. The largest absolute Gasteiger partial charge is 0.399 e. The number of unbranched alkanes of at least 4 members (excludes halogenated alkanes) is 1. The fourth-order valence-electron chi connectivity index (χ4n) is 1.82. The highest BCUT2D eigenvalue weighted by atomic mass is 16.2. The van der Waals surface area contributed by atoms with Gasteiger partial charge in [-0.15, -0.1) is 0 Å². The van der Waals surface area contributed by atoms with Crippen LogP contribution in [0.1, 0.15) is 32.3 Å². The Morgan fingerprint density at radius 3 is 2.53 bits per heavy atom. The first-order valence-corrected chi connectivity index (χ1v) is 6.99. The molecule has 0 radical (unpaired) electrons. The van der Waals surface area contributed by atoms with Gasteiger partial charge in [0.1, 0.15) is 0 Å². The summed E-state index contributed by atoms with van der Waals surface area (Å²) >= 11 is 0. The molecule has 0 aromatic heterocycles. The van der Waals surface area contributed by atoms with Gasteiger partial charge in [-0.05, 0) is 30.7 Å². The van der Waals surface area contributed by atoms with E-state index in [9.17, 15) is 4.79 Å². The van der Waals surface area contributed by atoms with E-state index in [0.29, 0.717) is 6.54 Å². The van der Waals surface area contributed by atoms with E-state index in [0.717, 1.165) is 38.2 Å². The summed E-state index contributed by atoms with van der Waals surface area (Å²) in [5.74, 6) is 0.103. The Kier molecular flexibility index (Phi) is 6.97. The van der Waals surface area contributed by atoms with Crippen LogP contribution in [0.15, 0.2) is 24.3 Å². The number of rotatable bonds is 8. The molecule has 0 atom stereocenters. The number of hydrogen-bond donors (Lipinski definition) is 2. The molecule has 0 aliphatic carbocycles. The number of carbonyl (C=O) groups is 1. The van der Waals surface area contributed by atoms with E-state index in [-0.39, 0.29) is 5.91 Å². The molecule has 0 unspecified atom stereocenters. The lowest BCUT2D eigenvalue weighted by molar-refractivity contribution is -0.122. The van der Waals surface area contributed by atoms with Gasteiger partial charge < -0.3 is 11.1 Å². The van der Waals surface area contributed by atoms with E-state index < -0.39 is 0 Å². The zero-order valence-corrected chi connectivity index (χ0v) is 12.0. The Bertz CT molecular complexity index is 375. The molecule has 4 heteroatoms. The van der Waals surface area contributed by atoms with Crippen molar-refractivity contribution in [1.82, 2.24) is 10.2 Å². The lowest BCUT2D eigenvalue weighted by atomic mass is 10.2. The third-order valence-corrected chi connectivity index (χ3v) is 3.05. The third-order valence-electron chi connectivity index (χ3n) is 3.05. The SMILES string of the molecule is CCCCNC(=O)CN(CC)Cc1ccc(N)cc1. The van der Waals surface area contributed by atoms with Crippen LogP contribution < -0.4 is 11.1 Å². The normalized spacial score (nSPS) is 10.7. The molecule has 1 rings (SSSR count). The van der Waals surface area contributed by atoms with E-state index in [2.05, 4.69) is 24.1 Å². The Hall–Kier alpha value is -1.55. The van der Waals surface area contributed by atoms with E-state index in [1.54, 1.807) is 0 Å². The van der Waals surface area contributed by atoms with Crippen LogP contribution in [0.25, 0.3) is 0 Å². The molecule has 0 spiro atoms. The monoisotopic (exact) mass is 263 g/mol. The highest BCUT2D eigenvalue weighted by Gasteiger charge is 2.09. The molecule has 0 fully saturated rings. The van der Waals surface area contributed by atoms with E-state index >= 15 is 0 Å². The molecule has 0 aliphatic heterocycles. The fourth-order valence-corrected chi connectivity index (χ4v) is 1.82. The molecule has 3 N–H and O–H groups in total. The van der Waals surface area contributed by atoms with Crippen LogP contribution in [0.2, 0.25) is 0 Å². The van der Waals surface area contributed by atoms with Crippen molar-refractivity contribution in [3.63, 3.8) is 0 Å². The number of nitrogens with two attached hydrogens (primary N) is 1. The molecule has 19 heavy (non-hydrogen) atoms. The van der Waals surface area contributed by atoms with Crippen molar-refractivity contribution in [3.8, 4) is 0 Å². The van der Waals surface area contributed by atoms with Gasteiger partial charge >= 0.3 is 0 Å². The standard InChI is InChI=1S/C15H25N3O/c1-3-5-10-17-15(19)12-18(4-2)11-13-6-8-14(16)9-7-13/h6-9H,3-5,10-12,16H2,1-2H3,(H,17,19). The number of nitrogens with zero attached hydrogens (tertiary/aromatic N) is 1. The molecule has 1 aromatic rings. The number of benzene rings is 1. The van der Waals surface area contributed by atoms with Gasteiger partial charge in [0.2, 0.25) is 5.91 Å². The van der Waals surface area contributed by atoms with Gasteiger partial charge in [-0.2, -0.15) is 0 Å². The number of anilines is 1. The summed E-state index contributed by atoms with van der Waals surface area (Å²) in [4.78, 5) is 13.9. The first kappa shape index (κ1) is 15.5. The Morgan fingerprint density at radius 1 is 1.26 bits per heavy atom. The number of likely N-dealkylation sites (N-methyl/N-ethyl adjacent to an activating group) is 1. The maximum absolute atomic E-state index is 11.8. The van der Waals surface area contributed by atoms with Crippen molar-refractivity contribution in [2.75, 3.05) is 25.4 Å². The van der Waals surface area contributed by atoms with Gasteiger partial charge in [-0.25, -0.2) is 0 Å². The molecular weight excluding hydrogens is 238 g/mol. The molecule has 106 valence electrons. The highest BCUT2D eigenvalue weighted by molar-refractivity contribution is 5.77. The van der Waals surface area contributed by atoms with E-state index in [1.165, 1.54) is 5.56 Å². The molecule has 0 saturated carbocycles. The second kappa shape index (κ2) is 8.53. The van der Waals surface area contributed by atoms with Crippen LogP contribution in [0.3, 0.4) is 0 Å². The summed E-state index contributed by atoms with van der Waals surface area (Å²) in [5.41, 5.74) is 7.61. The highest BCUT2D eigenvalue weighted by Crippen LogP contribution is 2.08. The van der Waals surface area contributed by atoms with Crippen molar-refractivity contribution in [3.05, 3.63) is 29.8 Å². The predicted octanol–water partition coefficient (Wildman–Crippen LogP) is 2.01. The Morgan fingerprint density at radius 2 is 1.95 bits per heavy atom. The molecule has 0 saturated heterocycles. The molecule has 0 heterocycles. The summed E-state index contributed by atoms with van der Waals surface area (Å²) in [6.45, 7) is 7.03. The van der Waals surface area contributed by atoms with Crippen molar-refractivity contribution in [1.29, 1.82) is 0 Å².